The van der Waals surface area contributed by atoms with Crippen molar-refractivity contribution >= 4 is 11.7 Å². The highest BCUT2D eigenvalue weighted by Gasteiger charge is 2.18. The quantitative estimate of drug-likeness (QED) is 0.682. The molecular weight excluding hydrogens is 386 g/mol. The molecule has 1 aliphatic heterocycles. The standard InChI is InChI=1S/C23H22F2N4O/c24-19-12-16(13-20(25)14-19)15-28-23(30)18-6-4-17(5-7-18)21-22(27-9-8-26-21)29-10-2-1-3-11-29/h4-9,12-14H,1-3,10-11,15H2,(H,28,30). The molecule has 1 aromatic heterocycles. The summed E-state index contributed by atoms with van der Waals surface area (Å²) in [5, 5.41) is 2.68. The second-order valence-electron chi connectivity index (χ2n) is 7.31. The minimum Gasteiger partial charge on any atom is -0.355 e. The van der Waals surface area contributed by atoms with E-state index in [2.05, 4.69) is 20.2 Å². The summed E-state index contributed by atoms with van der Waals surface area (Å²) in [4.78, 5) is 23.7. The highest BCUT2D eigenvalue weighted by atomic mass is 19.1. The lowest BCUT2D eigenvalue weighted by Gasteiger charge is -2.28. The van der Waals surface area contributed by atoms with Gasteiger partial charge in [0.1, 0.15) is 17.3 Å². The fourth-order valence-electron chi connectivity index (χ4n) is 3.65. The molecule has 1 fully saturated rings. The molecule has 3 aromatic rings. The lowest BCUT2D eigenvalue weighted by molar-refractivity contribution is 0.0951. The van der Waals surface area contributed by atoms with E-state index in [1.165, 1.54) is 18.6 Å². The fourth-order valence-corrected chi connectivity index (χ4v) is 3.65. The summed E-state index contributed by atoms with van der Waals surface area (Å²) in [7, 11) is 0. The van der Waals surface area contributed by atoms with E-state index >= 15 is 0 Å². The van der Waals surface area contributed by atoms with Gasteiger partial charge in [0, 0.05) is 49.2 Å². The summed E-state index contributed by atoms with van der Waals surface area (Å²) < 4.78 is 26.6. The van der Waals surface area contributed by atoms with Crippen LogP contribution in [-0.2, 0) is 6.54 Å². The summed E-state index contributed by atoms with van der Waals surface area (Å²) >= 11 is 0. The van der Waals surface area contributed by atoms with Crippen LogP contribution in [0.15, 0.2) is 54.9 Å². The van der Waals surface area contributed by atoms with Gasteiger partial charge in [0.2, 0.25) is 0 Å². The molecule has 30 heavy (non-hydrogen) atoms. The number of nitrogens with zero attached hydrogens (tertiary/aromatic N) is 3. The van der Waals surface area contributed by atoms with Crippen molar-refractivity contribution in [3.05, 3.63) is 77.6 Å². The molecule has 0 saturated carbocycles. The molecule has 0 bridgehead atoms. The van der Waals surface area contributed by atoms with E-state index < -0.39 is 11.6 Å². The SMILES string of the molecule is O=C(NCc1cc(F)cc(F)c1)c1ccc(-c2nccnc2N2CCCCC2)cc1. The molecule has 2 heterocycles. The van der Waals surface area contributed by atoms with Crippen LogP contribution >= 0.6 is 0 Å². The van der Waals surface area contributed by atoms with E-state index in [9.17, 15) is 13.6 Å². The Balaban J connectivity index is 1.47. The number of anilines is 1. The molecule has 1 N–H and O–H groups in total. The average molecular weight is 408 g/mol. The van der Waals surface area contributed by atoms with E-state index in [0.29, 0.717) is 11.1 Å². The van der Waals surface area contributed by atoms with Crippen LogP contribution in [0.5, 0.6) is 0 Å². The Bertz CT molecular complexity index is 1010. The van der Waals surface area contributed by atoms with Crippen molar-refractivity contribution in [3.63, 3.8) is 0 Å². The lowest BCUT2D eigenvalue weighted by atomic mass is 10.1. The van der Waals surface area contributed by atoms with Gasteiger partial charge < -0.3 is 10.2 Å². The Kier molecular flexibility index (Phi) is 5.97. The predicted octanol–water partition coefficient (Wildman–Crippen LogP) is 4.34. The largest absolute Gasteiger partial charge is 0.355 e. The molecule has 2 aromatic carbocycles. The minimum atomic E-state index is -0.669. The summed E-state index contributed by atoms with van der Waals surface area (Å²) in [5.74, 6) is -0.793. The van der Waals surface area contributed by atoms with Crippen molar-refractivity contribution in [2.24, 2.45) is 0 Å². The van der Waals surface area contributed by atoms with Gasteiger partial charge in [-0.05, 0) is 49.1 Å². The van der Waals surface area contributed by atoms with Gasteiger partial charge in [-0.15, -0.1) is 0 Å². The topological polar surface area (TPSA) is 58.1 Å². The Hall–Kier alpha value is -3.35. The third kappa shape index (κ3) is 4.62. The van der Waals surface area contributed by atoms with Crippen LogP contribution in [0.1, 0.15) is 35.2 Å². The van der Waals surface area contributed by atoms with E-state index in [1.807, 2.05) is 12.1 Å². The van der Waals surface area contributed by atoms with Crippen LogP contribution in [0.3, 0.4) is 0 Å². The van der Waals surface area contributed by atoms with Crippen molar-refractivity contribution in [2.75, 3.05) is 18.0 Å². The van der Waals surface area contributed by atoms with Gasteiger partial charge >= 0.3 is 0 Å². The van der Waals surface area contributed by atoms with Crippen LogP contribution in [0.2, 0.25) is 0 Å². The number of rotatable bonds is 5. The smallest absolute Gasteiger partial charge is 0.251 e. The molecular formula is C23H22F2N4O. The summed E-state index contributed by atoms with van der Waals surface area (Å²) in [6, 6.07) is 10.3. The first kappa shape index (κ1) is 19.9. The third-order valence-corrected chi connectivity index (χ3v) is 5.13. The second kappa shape index (κ2) is 8.98. The predicted molar refractivity (Wildman–Crippen MR) is 111 cm³/mol. The molecule has 154 valence electrons. The number of piperidine rings is 1. The van der Waals surface area contributed by atoms with E-state index in [-0.39, 0.29) is 12.5 Å². The van der Waals surface area contributed by atoms with Gasteiger partial charge in [-0.1, -0.05) is 12.1 Å². The molecule has 0 aliphatic carbocycles. The number of aromatic nitrogens is 2. The maximum Gasteiger partial charge on any atom is 0.251 e. The number of hydrogen-bond acceptors (Lipinski definition) is 4. The van der Waals surface area contributed by atoms with Crippen molar-refractivity contribution < 1.29 is 13.6 Å². The van der Waals surface area contributed by atoms with Gasteiger partial charge in [-0.2, -0.15) is 0 Å². The maximum absolute atomic E-state index is 13.3. The van der Waals surface area contributed by atoms with Crippen molar-refractivity contribution in [1.82, 2.24) is 15.3 Å². The van der Waals surface area contributed by atoms with Gasteiger partial charge in [-0.25, -0.2) is 13.8 Å². The Morgan fingerprint density at radius 2 is 1.60 bits per heavy atom. The first-order valence-electron chi connectivity index (χ1n) is 10.00. The van der Waals surface area contributed by atoms with Gasteiger partial charge in [-0.3, -0.25) is 9.78 Å². The molecule has 0 spiro atoms. The summed E-state index contributed by atoms with van der Waals surface area (Å²) in [6.45, 7) is 1.97. The van der Waals surface area contributed by atoms with Gasteiger partial charge in [0.05, 0.1) is 0 Å². The first-order valence-corrected chi connectivity index (χ1v) is 10.00. The van der Waals surface area contributed by atoms with E-state index in [1.54, 1.807) is 24.5 Å². The van der Waals surface area contributed by atoms with Crippen molar-refractivity contribution in [1.29, 1.82) is 0 Å². The zero-order valence-corrected chi connectivity index (χ0v) is 16.4. The van der Waals surface area contributed by atoms with Crippen LogP contribution in [-0.4, -0.2) is 29.0 Å². The number of benzene rings is 2. The third-order valence-electron chi connectivity index (χ3n) is 5.13. The lowest BCUT2D eigenvalue weighted by Crippen LogP contribution is -2.30. The normalized spacial score (nSPS) is 13.9. The molecule has 0 unspecified atom stereocenters. The number of carbonyl (C=O) groups is 1. The second-order valence-corrected chi connectivity index (χ2v) is 7.31. The van der Waals surface area contributed by atoms with Crippen molar-refractivity contribution in [2.45, 2.75) is 25.8 Å². The van der Waals surface area contributed by atoms with Crippen molar-refractivity contribution in [3.8, 4) is 11.3 Å². The molecule has 1 aliphatic rings. The zero-order chi connectivity index (χ0) is 20.9. The van der Waals surface area contributed by atoms with Gasteiger partial charge in [0.25, 0.3) is 5.91 Å². The molecule has 4 rings (SSSR count). The average Bonchev–Trinajstić information content (AvgIpc) is 2.77. The van der Waals surface area contributed by atoms with Crippen LogP contribution in [0.25, 0.3) is 11.3 Å². The Morgan fingerprint density at radius 3 is 2.30 bits per heavy atom. The number of carbonyl (C=O) groups excluding carboxylic acids is 1. The Labute approximate surface area is 173 Å². The van der Waals surface area contributed by atoms with E-state index in [4.69, 9.17) is 0 Å². The summed E-state index contributed by atoms with van der Waals surface area (Å²) in [6.07, 6.45) is 6.89. The van der Waals surface area contributed by atoms with E-state index in [0.717, 1.165) is 49.1 Å². The number of halogens is 2. The van der Waals surface area contributed by atoms with Crippen LogP contribution in [0, 0.1) is 11.6 Å². The monoisotopic (exact) mass is 408 g/mol. The summed E-state index contributed by atoms with van der Waals surface area (Å²) in [5.41, 5.74) is 2.50. The van der Waals surface area contributed by atoms with Gasteiger partial charge in [0.15, 0.2) is 5.82 Å². The zero-order valence-electron chi connectivity index (χ0n) is 16.4. The fraction of sp³-hybridized carbons (Fsp3) is 0.261. The highest BCUT2D eigenvalue weighted by molar-refractivity contribution is 5.94. The van der Waals surface area contributed by atoms with Crippen LogP contribution in [0.4, 0.5) is 14.6 Å². The molecule has 5 nitrogen and oxygen atoms in total. The Morgan fingerprint density at radius 1 is 0.933 bits per heavy atom. The first-order chi connectivity index (χ1) is 14.6. The number of nitrogens with one attached hydrogen (secondary N) is 1. The highest BCUT2D eigenvalue weighted by Crippen LogP contribution is 2.28. The molecule has 0 atom stereocenters. The van der Waals surface area contributed by atoms with Crippen LogP contribution < -0.4 is 10.2 Å². The molecule has 7 heteroatoms. The maximum atomic E-state index is 13.3. The minimum absolute atomic E-state index is 0.0402. The molecule has 1 saturated heterocycles. The molecule has 0 radical (unpaired) electrons. The number of amides is 1. The molecule has 1 amide bonds. The number of hydrogen-bond donors (Lipinski definition) is 1.